The van der Waals surface area contributed by atoms with Crippen LogP contribution in [-0.4, -0.2) is 35.2 Å². The number of allylic oxidation sites excluding steroid dienone is 2. The van der Waals surface area contributed by atoms with Crippen LogP contribution in [0, 0.1) is 40.9 Å². The molecule has 176 valence electrons. The molecule has 3 saturated carbocycles. The third-order valence-electron chi connectivity index (χ3n) is 11.4. The lowest BCUT2D eigenvalue weighted by Crippen LogP contribution is -2.49. The van der Waals surface area contributed by atoms with Gasteiger partial charge in [0.25, 0.3) is 0 Å². The quantitative estimate of drug-likeness (QED) is 0.304. The van der Waals surface area contributed by atoms with Gasteiger partial charge in [0, 0.05) is 24.0 Å². The molecular weight excluding hydrogens is 398 g/mol. The zero-order valence-corrected chi connectivity index (χ0v) is 20.3. The van der Waals surface area contributed by atoms with Crippen LogP contribution < -0.4 is 5.32 Å². The third kappa shape index (κ3) is 2.72. The van der Waals surface area contributed by atoms with Gasteiger partial charge in [-0.1, -0.05) is 26.3 Å². The molecule has 0 amide bonds. The Hall–Kier alpha value is -1.13. The molecule has 0 unspecified atom stereocenters. The molecule has 0 radical (unpaired) electrons. The number of aliphatic hydroxyl groups is 1. The number of aliphatic hydroxyl groups excluding tert-OH is 1. The minimum absolute atomic E-state index is 0.0787. The molecule has 0 aromatic heterocycles. The van der Waals surface area contributed by atoms with Crippen molar-refractivity contribution in [3.05, 3.63) is 23.0 Å². The molecule has 6 aliphatic rings. The van der Waals surface area contributed by atoms with Crippen molar-refractivity contribution in [3.8, 4) is 0 Å². The Balaban J connectivity index is 1.34. The van der Waals surface area contributed by atoms with E-state index in [1.54, 1.807) is 11.1 Å². The highest BCUT2D eigenvalue weighted by Crippen LogP contribution is 2.66. The molecule has 10 atom stereocenters. The van der Waals surface area contributed by atoms with Gasteiger partial charge in [-0.25, -0.2) is 0 Å². The highest BCUT2D eigenvalue weighted by Gasteiger charge is 2.61. The molecule has 0 aromatic rings. The van der Waals surface area contributed by atoms with E-state index in [1.165, 1.54) is 38.5 Å². The first-order valence-electron chi connectivity index (χ1n) is 13.3. The molecule has 6 rings (SSSR count). The zero-order chi connectivity index (χ0) is 22.4. The molecule has 2 aliphatic heterocycles. The van der Waals surface area contributed by atoms with Crippen LogP contribution in [0.2, 0.25) is 0 Å². The Morgan fingerprint density at radius 1 is 1.19 bits per heavy atom. The van der Waals surface area contributed by atoms with Crippen LogP contribution in [-0.2, 0) is 9.53 Å². The first-order valence-corrected chi connectivity index (χ1v) is 13.3. The van der Waals surface area contributed by atoms with Gasteiger partial charge in [-0.05, 0) is 99.0 Å². The van der Waals surface area contributed by atoms with Crippen LogP contribution in [0.15, 0.2) is 23.0 Å². The van der Waals surface area contributed by atoms with Crippen molar-refractivity contribution in [2.45, 2.75) is 96.8 Å². The normalized spacial score (nSPS) is 53.9. The largest absolute Gasteiger partial charge is 0.515 e. The predicted molar refractivity (Wildman–Crippen MR) is 125 cm³/mol. The van der Waals surface area contributed by atoms with E-state index < -0.39 is 0 Å². The maximum Gasteiger partial charge on any atom is 0.162 e. The van der Waals surface area contributed by atoms with E-state index in [9.17, 15) is 9.90 Å². The Morgan fingerprint density at radius 2 is 2.00 bits per heavy atom. The molecule has 5 fully saturated rings. The maximum atomic E-state index is 12.5. The minimum atomic E-state index is -0.0787. The summed E-state index contributed by atoms with van der Waals surface area (Å²) in [7, 11) is 0. The van der Waals surface area contributed by atoms with E-state index in [4.69, 9.17) is 4.74 Å². The van der Waals surface area contributed by atoms with Gasteiger partial charge in [-0.2, -0.15) is 0 Å². The van der Waals surface area contributed by atoms with Gasteiger partial charge >= 0.3 is 0 Å². The summed E-state index contributed by atoms with van der Waals surface area (Å²) in [5, 5.41) is 13.6. The van der Waals surface area contributed by atoms with Crippen LogP contribution in [0.25, 0.3) is 0 Å². The monoisotopic (exact) mass is 439 g/mol. The lowest BCUT2D eigenvalue weighted by molar-refractivity contribution is -0.124. The smallest absolute Gasteiger partial charge is 0.162 e. The number of carbonyl (C=O) groups is 1. The van der Waals surface area contributed by atoms with E-state index in [0.29, 0.717) is 53.7 Å². The first kappa shape index (κ1) is 21.4. The van der Waals surface area contributed by atoms with Gasteiger partial charge in [-0.3, -0.25) is 4.79 Å². The van der Waals surface area contributed by atoms with E-state index >= 15 is 0 Å². The molecular formula is C28H41NO3. The molecule has 2 N–H and O–H groups in total. The number of fused-ring (bicyclic) bond motifs is 6. The van der Waals surface area contributed by atoms with Crippen LogP contribution >= 0.6 is 0 Å². The summed E-state index contributed by atoms with van der Waals surface area (Å²) < 4.78 is 7.02. The molecule has 4 heteroatoms. The van der Waals surface area contributed by atoms with Crippen molar-refractivity contribution in [3.63, 3.8) is 0 Å². The van der Waals surface area contributed by atoms with Gasteiger partial charge < -0.3 is 15.2 Å². The third-order valence-corrected chi connectivity index (χ3v) is 11.4. The Labute approximate surface area is 193 Å². The Morgan fingerprint density at radius 3 is 2.78 bits per heavy atom. The van der Waals surface area contributed by atoms with Gasteiger partial charge in [0.2, 0.25) is 0 Å². The average molecular weight is 440 g/mol. The fourth-order valence-corrected chi connectivity index (χ4v) is 9.57. The fraction of sp³-hybridized carbons (Fsp3) is 0.821. The minimum Gasteiger partial charge on any atom is -0.515 e. The van der Waals surface area contributed by atoms with Crippen molar-refractivity contribution in [2.24, 2.45) is 40.9 Å². The van der Waals surface area contributed by atoms with Crippen LogP contribution in [0.4, 0.5) is 0 Å². The zero-order valence-electron chi connectivity index (χ0n) is 20.3. The lowest BCUT2D eigenvalue weighted by Gasteiger charge is -2.52. The van der Waals surface area contributed by atoms with Gasteiger partial charge in [0.15, 0.2) is 5.78 Å². The maximum absolute atomic E-state index is 12.5. The first-order chi connectivity index (χ1) is 15.3. The second-order valence-electron chi connectivity index (χ2n) is 12.6. The Bertz CT molecular complexity index is 891. The summed E-state index contributed by atoms with van der Waals surface area (Å²) in [6.45, 7) is 10.7. The molecule has 0 bridgehead atoms. The van der Waals surface area contributed by atoms with E-state index in [1.807, 2.05) is 0 Å². The molecule has 4 nitrogen and oxygen atoms in total. The number of rotatable bonds is 0. The second-order valence-corrected chi connectivity index (χ2v) is 12.6. The number of hydrogen-bond donors (Lipinski definition) is 2. The van der Waals surface area contributed by atoms with Gasteiger partial charge in [0.05, 0.1) is 18.0 Å². The van der Waals surface area contributed by atoms with Crippen LogP contribution in [0.3, 0.4) is 0 Å². The number of ether oxygens (including phenoxy) is 1. The number of nitrogens with one attached hydrogen (secondary N) is 1. The fourth-order valence-electron chi connectivity index (χ4n) is 9.57. The molecule has 32 heavy (non-hydrogen) atoms. The number of hydrogen-bond acceptors (Lipinski definition) is 4. The van der Waals surface area contributed by atoms with E-state index in [0.717, 1.165) is 25.1 Å². The highest BCUT2D eigenvalue weighted by atomic mass is 16.5. The standard InChI is InChI=1S/C28H41NO3/c1-15-9-25-26(29-13-15)17(3)28(32-25)8-7-20-21-6-5-19-10-24(31)18(14-30)12-27(19,4)23(21)11-22(20)16(28)2/h14-15,17,19-21,23,25-26,29-30H,5-13H2,1-4H3/b18-14+/t15-,17+,19+,20-,21-,23-,25+,26-,27-,28-/m0/s1. The Kier molecular flexibility index (Phi) is 4.81. The van der Waals surface area contributed by atoms with Crippen molar-refractivity contribution in [2.75, 3.05) is 6.54 Å². The van der Waals surface area contributed by atoms with E-state index in [2.05, 4.69) is 33.0 Å². The number of ketones is 1. The molecule has 4 aliphatic carbocycles. The highest BCUT2D eigenvalue weighted by molar-refractivity contribution is 5.96. The van der Waals surface area contributed by atoms with Gasteiger partial charge in [0.1, 0.15) is 0 Å². The van der Waals surface area contributed by atoms with Crippen molar-refractivity contribution in [1.82, 2.24) is 5.32 Å². The summed E-state index contributed by atoms with van der Waals surface area (Å²) >= 11 is 0. The lowest BCUT2D eigenvalue weighted by atomic mass is 9.51. The molecule has 2 heterocycles. The van der Waals surface area contributed by atoms with E-state index in [-0.39, 0.29) is 16.8 Å². The number of Topliss-reactive ketones (excluding diaryl/α,β-unsaturated/α-hetero) is 1. The summed E-state index contributed by atoms with van der Waals surface area (Å²) in [6.07, 6.45) is 10.1. The SMILES string of the molecule is CC1=C2C[C@H]3[C@@H](CC[C@@H]4CC(=O)/C(=C/O)C[C@@]43C)[C@@H]2CC[C@]12O[C@@H]1C[C@H](C)CN[C@H]1[C@H]2C. The molecule has 0 aromatic carbocycles. The topological polar surface area (TPSA) is 58.6 Å². The summed E-state index contributed by atoms with van der Waals surface area (Å²) in [5.74, 6) is 3.94. The predicted octanol–water partition coefficient (Wildman–Crippen LogP) is 5.34. The summed E-state index contributed by atoms with van der Waals surface area (Å²) in [5.41, 5.74) is 3.99. The van der Waals surface area contributed by atoms with Crippen LogP contribution in [0.5, 0.6) is 0 Å². The molecule has 2 saturated heterocycles. The number of carbonyl (C=O) groups excluding carboxylic acids is 1. The second kappa shape index (κ2) is 7.18. The average Bonchev–Trinajstić information content (AvgIpc) is 3.28. The van der Waals surface area contributed by atoms with Crippen LogP contribution in [0.1, 0.15) is 79.1 Å². The van der Waals surface area contributed by atoms with Crippen molar-refractivity contribution in [1.29, 1.82) is 0 Å². The molecule has 1 spiro atoms. The van der Waals surface area contributed by atoms with Gasteiger partial charge in [-0.15, -0.1) is 0 Å². The number of piperidine rings is 1. The van der Waals surface area contributed by atoms with Crippen molar-refractivity contribution >= 4 is 5.78 Å². The summed E-state index contributed by atoms with van der Waals surface area (Å²) in [4.78, 5) is 12.5. The summed E-state index contributed by atoms with van der Waals surface area (Å²) in [6, 6.07) is 0.491. The van der Waals surface area contributed by atoms with Crippen molar-refractivity contribution < 1.29 is 14.6 Å².